The van der Waals surface area contributed by atoms with Gasteiger partial charge < -0.3 is 10.0 Å². The second kappa shape index (κ2) is 8.66. The van der Waals surface area contributed by atoms with Gasteiger partial charge in [-0.1, -0.05) is 74.8 Å². The minimum absolute atomic E-state index is 0.0961. The molecule has 130 valence electrons. The van der Waals surface area contributed by atoms with Gasteiger partial charge in [0.15, 0.2) is 0 Å². The van der Waals surface area contributed by atoms with E-state index in [2.05, 4.69) is 37.8 Å². The molecule has 2 atom stereocenters. The average Bonchev–Trinajstić information content (AvgIpc) is 2.60. The van der Waals surface area contributed by atoms with Crippen molar-refractivity contribution in [1.29, 1.82) is 0 Å². The highest BCUT2D eigenvalue weighted by molar-refractivity contribution is 6.30. The second-order valence-electron chi connectivity index (χ2n) is 6.48. The molecule has 2 rings (SSSR count). The third kappa shape index (κ3) is 4.60. The van der Waals surface area contributed by atoms with E-state index in [0.717, 1.165) is 30.8 Å². The topological polar surface area (TPSA) is 23.5 Å². The molecule has 0 aliphatic heterocycles. The summed E-state index contributed by atoms with van der Waals surface area (Å²) in [5, 5.41) is 12.4. The van der Waals surface area contributed by atoms with Crippen molar-refractivity contribution in [3.63, 3.8) is 0 Å². The first kappa shape index (κ1) is 19.0. The Morgan fingerprint density at radius 1 is 1.00 bits per heavy atom. The highest BCUT2D eigenvalue weighted by Gasteiger charge is 2.36. The van der Waals surface area contributed by atoms with Crippen LogP contribution in [0.15, 0.2) is 54.6 Å². The first-order chi connectivity index (χ1) is 11.5. The van der Waals surface area contributed by atoms with Crippen LogP contribution in [0.5, 0.6) is 0 Å². The number of nitrogens with zero attached hydrogens (tertiary/aromatic N) is 1. The van der Waals surface area contributed by atoms with Crippen LogP contribution in [0, 0.1) is 5.92 Å². The first-order valence-electron chi connectivity index (χ1n) is 8.74. The molecule has 0 spiro atoms. The summed E-state index contributed by atoms with van der Waals surface area (Å²) in [4.78, 5) is 2.36. The quantitative estimate of drug-likeness (QED) is 0.746. The SMILES string of the molecule is CCN(CC)C[C@@H](C)[C@@](O)(Cc1ccccc1)c1ccc(Cl)cc1. The van der Waals surface area contributed by atoms with Gasteiger partial charge in [-0.2, -0.15) is 0 Å². The van der Waals surface area contributed by atoms with Gasteiger partial charge in [0.1, 0.15) is 0 Å². The third-order valence-corrected chi connectivity index (χ3v) is 5.15. The number of hydrogen-bond donors (Lipinski definition) is 1. The molecule has 1 N–H and O–H groups in total. The molecule has 2 aromatic carbocycles. The fourth-order valence-corrected chi connectivity index (χ4v) is 3.35. The molecule has 2 nitrogen and oxygen atoms in total. The van der Waals surface area contributed by atoms with Crippen LogP contribution in [0.3, 0.4) is 0 Å². The van der Waals surface area contributed by atoms with Crippen molar-refractivity contribution in [1.82, 2.24) is 4.90 Å². The van der Waals surface area contributed by atoms with E-state index in [9.17, 15) is 5.11 Å². The molecule has 0 fully saturated rings. The number of halogens is 1. The van der Waals surface area contributed by atoms with Gasteiger partial charge in [-0.05, 0) is 36.3 Å². The van der Waals surface area contributed by atoms with Crippen LogP contribution < -0.4 is 0 Å². The molecular formula is C21H28ClNO. The summed E-state index contributed by atoms with van der Waals surface area (Å²) in [6, 6.07) is 17.8. The fraction of sp³-hybridized carbons (Fsp3) is 0.429. The Labute approximate surface area is 151 Å². The summed E-state index contributed by atoms with van der Waals surface area (Å²) in [6.45, 7) is 9.30. The molecule has 0 saturated heterocycles. The van der Waals surface area contributed by atoms with E-state index in [4.69, 9.17) is 11.6 Å². The lowest BCUT2D eigenvalue weighted by Gasteiger charge is -2.37. The van der Waals surface area contributed by atoms with Crippen molar-refractivity contribution in [2.24, 2.45) is 5.92 Å². The van der Waals surface area contributed by atoms with E-state index >= 15 is 0 Å². The molecule has 3 heteroatoms. The van der Waals surface area contributed by atoms with Crippen molar-refractivity contribution in [2.45, 2.75) is 32.8 Å². The molecule has 0 aliphatic rings. The van der Waals surface area contributed by atoms with Crippen molar-refractivity contribution >= 4 is 11.6 Å². The Balaban J connectivity index is 2.34. The molecule has 0 aromatic heterocycles. The largest absolute Gasteiger partial charge is 0.384 e. The molecule has 0 unspecified atom stereocenters. The predicted octanol–water partition coefficient (Wildman–Crippen LogP) is 4.75. The van der Waals surface area contributed by atoms with Gasteiger partial charge in [-0.15, -0.1) is 0 Å². The predicted molar refractivity (Wildman–Crippen MR) is 102 cm³/mol. The van der Waals surface area contributed by atoms with E-state index < -0.39 is 5.60 Å². The Morgan fingerprint density at radius 3 is 2.12 bits per heavy atom. The third-order valence-electron chi connectivity index (χ3n) is 4.90. The lowest BCUT2D eigenvalue weighted by Crippen LogP contribution is -2.42. The summed E-state index contributed by atoms with van der Waals surface area (Å²) in [6.07, 6.45) is 0.595. The number of aliphatic hydroxyl groups is 1. The maximum atomic E-state index is 11.7. The smallest absolute Gasteiger partial charge is 0.0974 e. The summed E-state index contributed by atoms with van der Waals surface area (Å²) >= 11 is 6.04. The Hall–Kier alpha value is -1.35. The maximum absolute atomic E-state index is 11.7. The average molecular weight is 346 g/mol. The van der Waals surface area contributed by atoms with Crippen molar-refractivity contribution in [3.05, 3.63) is 70.7 Å². The molecule has 0 radical (unpaired) electrons. The first-order valence-corrected chi connectivity index (χ1v) is 9.12. The molecular weight excluding hydrogens is 318 g/mol. The molecule has 24 heavy (non-hydrogen) atoms. The molecule has 0 saturated carbocycles. The van der Waals surface area contributed by atoms with Gasteiger partial charge >= 0.3 is 0 Å². The zero-order valence-electron chi connectivity index (χ0n) is 14.9. The Bertz CT molecular complexity index is 609. The molecule has 0 aliphatic carbocycles. The number of benzene rings is 2. The summed E-state index contributed by atoms with van der Waals surface area (Å²) < 4.78 is 0. The van der Waals surface area contributed by atoms with Crippen LogP contribution in [-0.4, -0.2) is 29.6 Å². The van der Waals surface area contributed by atoms with Crippen LogP contribution in [-0.2, 0) is 12.0 Å². The van der Waals surface area contributed by atoms with Gasteiger partial charge in [0.2, 0.25) is 0 Å². The van der Waals surface area contributed by atoms with Crippen LogP contribution in [0.2, 0.25) is 5.02 Å². The lowest BCUT2D eigenvalue weighted by molar-refractivity contribution is -0.0290. The van der Waals surface area contributed by atoms with Gasteiger partial charge in [-0.25, -0.2) is 0 Å². The zero-order chi connectivity index (χ0) is 17.6. The molecule has 0 heterocycles. The van der Waals surface area contributed by atoms with E-state index in [-0.39, 0.29) is 5.92 Å². The summed E-state index contributed by atoms with van der Waals surface area (Å²) in [7, 11) is 0. The van der Waals surface area contributed by atoms with E-state index in [0.29, 0.717) is 11.4 Å². The fourth-order valence-electron chi connectivity index (χ4n) is 3.23. The second-order valence-corrected chi connectivity index (χ2v) is 6.92. The van der Waals surface area contributed by atoms with Crippen LogP contribution in [0.4, 0.5) is 0 Å². The maximum Gasteiger partial charge on any atom is 0.0974 e. The van der Waals surface area contributed by atoms with Crippen molar-refractivity contribution in [2.75, 3.05) is 19.6 Å². The monoisotopic (exact) mass is 345 g/mol. The van der Waals surface area contributed by atoms with Gasteiger partial charge in [-0.3, -0.25) is 0 Å². The minimum Gasteiger partial charge on any atom is -0.384 e. The van der Waals surface area contributed by atoms with Crippen molar-refractivity contribution in [3.8, 4) is 0 Å². The number of hydrogen-bond acceptors (Lipinski definition) is 2. The standard InChI is InChI=1S/C21H28ClNO/c1-4-23(5-2)16-17(3)21(24,15-18-9-7-6-8-10-18)19-11-13-20(22)14-12-19/h6-14,17,24H,4-5,15-16H2,1-3H3/t17-,21+/m1/s1. The summed E-state index contributed by atoms with van der Waals surface area (Å²) in [5.41, 5.74) is 1.14. The van der Waals surface area contributed by atoms with E-state index in [1.807, 2.05) is 42.5 Å². The van der Waals surface area contributed by atoms with E-state index in [1.54, 1.807) is 0 Å². The lowest BCUT2D eigenvalue weighted by atomic mass is 9.77. The van der Waals surface area contributed by atoms with Crippen LogP contribution >= 0.6 is 11.6 Å². The summed E-state index contributed by atoms with van der Waals surface area (Å²) in [5.74, 6) is 0.0961. The highest BCUT2D eigenvalue weighted by Crippen LogP contribution is 2.34. The highest BCUT2D eigenvalue weighted by atomic mass is 35.5. The normalized spacial score (nSPS) is 15.2. The number of rotatable bonds is 8. The van der Waals surface area contributed by atoms with Crippen LogP contribution in [0.25, 0.3) is 0 Å². The Morgan fingerprint density at radius 2 is 1.58 bits per heavy atom. The van der Waals surface area contributed by atoms with Gasteiger partial charge in [0, 0.05) is 23.9 Å². The Kier molecular flexibility index (Phi) is 6.85. The molecule has 0 bridgehead atoms. The van der Waals surface area contributed by atoms with Gasteiger partial charge in [0.25, 0.3) is 0 Å². The molecule has 2 aromatic rings. The van der Waals surface area contributed by atoms with E-state index in [1.165, 1.54) is 0 Å². The minimum atomic E-state index is -0.922. The zero-order valence-corrected chi connectivity index (χ0v) is 15.6. The molecule has 0 amide bonds. The van der Waals surface area contributed by atoms with Crippen molar-refractivity contribution < 1.29 is 5.11 Å². The van der Waals surface area contributed by atoms with Crippen LogP contribution in [0.1, 0.15) is 31.9 Å². The van der Waals surface area contributed by atoms with Gasteiger partial charge in [0.05, 0.1) is 5.60 Å².